The van der Waals surface area contributed by atoms with Gasteiger partial charge in [0.15, 0.2) is 0 Å². The minimum Gasteiger partial charge on any atom is 4.00 e. The van der Waals surface area contributed by atoms with Crippen molar-refractivity contribution >= 4 is 53.4 Å². The molecule has 210 valence electrons. The maximum Gasteiger partial charge on any atom is 4.00 e. The largest absolute Gasteiger partial charge is 4.00 e. The van der Waals surface area contributed by atoms with E-state index < -0.39 is 28.5 Å². The molecule has 35 heavy (non-hydrogen) atoms. The summed E-state index contributed by atoms with van der Waals surface area (Å²) in [7, 11) is 18.0. The molecule has 8 heteroatoms. The van der Waals surface area contributed by atoms with Crippen LogP contribution in [0.1, 0.15) is 34.8 Å². The zero-order valence-corrected chi connectivity index (χ0v) is 30.4. The van der Waals surface area contributed by atoms with Crippen LogP contribution in [0, 0.1) is 36.6 Å². The number of hydrogen-bond donors (Lipinski definition) is 0. The molecule has 2 unspecified atom stereocenters. The summed E-state index contributed by atoms with van der Waals surface area (Å²) in [5, 5.41) is 0. The molecule has 0 aromatic heterocycles. The van der Waals surface area contributed by atoms with E-state index in [4.69, 9.17) is 37.2 Å². The molecule has 1 aromatic carbocycles. The second-order valence-corrected chi connectivity index (χ2v) is 35.3. The van der Waals surface area contributed by atoms with Crippen molar-refractivity contribution in [1.29, 1.82) is 0 Å². The quantitative estimate of drug-likeness (QED) is 0.166. The van der Waals surface area contributed by atoms with Gasteiger partial charge in [-0.05, 0) is 24.9 Å². The van der Waals surface area contributed by atoms with E-state index >= 15 is 0 Å². The van der Waals surface area contributed by atoms with Crippen molar-refractivity contribution in [2.24, 2.45) is 0 Å². The van der Waals surface area contributed by atoms with Crippen molar-refractivity contribution < 1.29 is 34.1 Å². The molecule has 0 aliphatic heterocycles. The summed E-state index contributed by atoms with van der Waals surface area (Å²) in [4.78, 5) is 0. The van der Waals surface area contributed by atoms with Gasteiger partial charge in [0.25, 0.3) is 0 Å². The SMILES string of the molecule is C.C.C.CC1=CC([Si](C)(C)C)C=CC1[Si](C)(C)C.Cc1ccccc1.[CH3-].[CH3-].[CH3-].[CH3-].[Cl][Ti]([Cl])([Cl])[Cl].[Ti+4]. The van der Waals surface area contributed by atoms with Gasteiger partial charge in [-0.3, -0.25) is 0 Å². The molecule has 0 saturated carbocycles. The van der Waals surface area contributed by atoms with Crippen LogP contribution in [0.25, 0.3) is 0 Å². The first-order valence-electron chi connectivity index (χ1n) is 9.15. The molecule has 0 radical (unpaired) electrons. The van der Waals surface area contributed by atoms with E-state index in [9.17, 15) is 0 Å². The van der Waals surface area contributed by atoms with Crippen molar-refractivity contribution in [2.75, 3.05) is 0 Å². The van der Waals surface area contributed by atoms with E-state index in [-0.39, 0.29) is 73.7 Å². The average Bonchev–Trinajstić information content (AvgIpc) is 2.44. The van der Waals surface area contributed by atoms with E-state index in [0.717, 1.165) is 11.1 Å². The van der Waals surface area contributed by atoms with Crippen molar-refractivity contribution in [1.82, 2.24) is 0 Å². The monoisotopic (exact) mass is 674 g/mol. The standard InChI is InChI=1S/C13H26Si2.C7H8.3CH4.4CH3.4ClH.2Ti/c1-11-10-12(14(2,3)4)8-9-13(11)15(5,6)7;1-7-5-3-2-4-6-7;;;;;;;;;;;;;/h8-10,12-13H,1-7H3;2-6H,1H3;3*1H4;4*1H3;4*1H;;/q;;;;;4*-1;;;;;2*+4/p-4. The Morgan fingerprint density at radius 2 is 1.00 bits per heavy atom. The van der Waals surface area contributed by atoms with Crippen LogP contribution in [0.4, 0.5) is 0 Å². The summed E-state index contributed by atoms with van der Waals surface area (Å²) in [6, 6.07) is 10.3. The van der Waals surface area contributed by atoms with Gasteiger partial charge in [0.1, 0.15) is 0 Å². The number of benzene rings is 1. The number of rotatable bonds is 2. The van der Waals surface area contributed by atoms with Crippen LogP contribution in [0.15, 0.2) is 54.1 Å². The fourth-order valence-corrected chi connectivity index (χ4v) is 6.47. The first-order valence-corrected chi connectivity index (χ1v) is 24.9. The molecular weight excluding hydrogens is 618 g/mol. The molecule has 0 fully saturated rings. The zero-order valence-electron chi connectivity index (χ0n) is 22.3. The van der Waals surface area contributed by atoms with Gasteiger partial charge in [0.2, 0.25) is 0 Å². The molecule has 0 nitrogen and oxygen atoms in total. The van der Waals surface area contributed by atoms with Gasteiger partial charge in [-0.15, -0.1) is 0 Å². The minimum atomic E-state index is -3.11. The van der Waals surface area contributed by atoms with E-state index in [1.54, 1.807) is 5.57 Å². The van der Waals surface area contributed by atoms with E-state index in [1.165, 1.54) is 5.56 Å². The molecule has 1 aliphatic carbocycles. The Hall–Kier alpha value is 1.72. The van der Waals surface area contributed by atoms with Crippen LogP contribution < -0.4 is 0 Å². The Kier molecular flexibility index (Phi) is 47.6. The van der Waals surface area contributed by atoms with E-state index in [0.29, 0.717) is 0 Å². The molecule has 2 rings (SSSR count). The third-order valence-corrected chi connectivity index (χ3v) is 9.19. The maximum atomic E-state index is 5.01. The van der Waals surface area contributed by atoms with E-state index in [1.807, 2.05) is 18.2 Å². The van der Waals surface area contributed by atoms with Gasteiger partial charge in [-0.2, -0.15) is 0 Å². The second kappa shape index (κ2) is 27.3. The van der Waals surface area contributed by atoms with Crippen molar-refractivity contribution in [3.8, 4) is 0 Å². The van der Waals surface area contributed by atoms with Crippen molar-refractivity contribution in [3.63, 3.8) is 0 Å². The summed E-state index contributed by atoms with van der Waals surface area (Å²) < 4.78 is 0. The molecule has 0 saturated heterocycles. The number of hydrogen-bond acceptors (Lipinski definition) is 0. The molecule has 0 heterocycles. The van der Waals surface area contributed by atoms with Crippen LogP contribution in [0.5, 0.6) is 0 Å². The molecule has 1 aromatic rings. The van der Waals surface area contributed by atoms with Gasteiger partial charge in [-0.1, -0.05) is 121 Å². The minimum absolute atomic E-state index is 0. The van der Waals surface area contributed by atoms with E-state index in [2.05, 4.69) is 83.5 Å². The predicted molar refractivity (Wildman–Crippen MR) is 178 cm³/mol. The molecule has 0 spiro atoms. The molecule has 2 atom stereocenters. The predicted octanol–water partition coefficient (Wildman–Crippen LogP) is 13.4. The third kappa shape index (κ3) is 33.7. The smallest absolute Gasteiger partial charge is 4.00 e. The average molecular weight is 676 g/mol. The van der Waals surface area contributed by atoms with Crippen LogP contribution in [0.2, 0.25) is 50.4 Å². The second-order valence-electron chi connectivity index (χ2n) is 9.11. The fourth-order valence-electron chi connectivity index (χ4n) is 2.87. The van der Waals surface area contributed by atoms with Gasteiger partial charge in [-0.25, -0.2) is 0 Å². The molecule has 0 bridgehead atoms. The summed E-state index contributed by atoms with van der Waals surface area (Å²) >= 11 is -3.11. The van der Waals surface area contributed by atoms with Gasteiger partial charge in [0, 0.05) is 0 Å². The van der Waals surface area contributed by atoms with Crippen LogP contribution in [-0.4, -0.2) is 16.1 Å². The number of halogens is 4. The maximum absolute atomic E-state index is 5.01. The first kappa shape index (κ1) is 61.0. The molecule has 0 N–H and O–H groups in total. The Balaban J connectivity index is -0.0000000421. The van der Waals surface area contributed by atoms with Crippen LogP contribution >= 0.6 is 37.2 Å². The fraction of sp³-hybridized carbons (Fsp3) is 0.481. The summed E-state index contributed by atoms with van der Waals surface area (Å²) in [5.41, 5.74) is 4.47. The Morgan fingerprint density at radius 1 is 0.657 bits per heavy atom. The van der Waals surface area contributed by atoms with Crippen LogP contribution in [0.3, 0.4) is 0 Å². The Bertz CT molecular complexity index is 613. The van der Waals surface area contributed by atoms with Gasteiger partial charge in [0.05, 0.1) is 16.1 Å². The Labute approximate surface area is 260 Å². The Morgan fingerprint density at radius 3 is 1.20 bits per heavy atom. The zero-order chi connectivity index (χ0) is 21.5. The van der Waals surface area contributed by atoms with Gasteiger partial charge < -0.3 is 29.7 Å². The third-order valence-electron chi connectivity index (χ3n) is 4.32. The normalized spacial score (nSPS) is 15.4. The molecule has 0 amide bonds. The number of allylic oxidation sites excluding steroid dienone is 4. The number of aryl methyl sites for hydroxylation is 1. The summed E-state index contributed by atoms with van der Waals surface area (Å²) in [6.07, 6.45) is 7.54. The molecular formula is C27H58Cl4Si2Ti2. The van der Waals surface area contributed by atoms with Gasteiger partial charge >= 0.3 is 71.3 Å². The summed E-state index contributed by atoms with van der Waals surface area (Å²) in [6.45, 7) is 19.2. The first-order chi connectivity index (χ1) is 12.0. The van der Waals surface area contributed by atoms with Crippen molar-refractivity contribution in [2.45, 2.75) is 86.5 Å². The topological polar surface area (TPSA) is 0 Å². The van der Waals surface area contributed by atoms with Crippen molar-refractivity contribution in [3.05, 3.63) is 89.4 Å². The van der Waals surface area contributed by atoms with Crippen LogP contribution in [-0.2, 0) is 34.1 Å². The molecule has 1 aliphatic rings. The summed E-state index contributed by atoms with van der Waals surface area (Å²) in [5.74, 6) is 0.